The van der Waals surface area contributed by atoms with Crippen LogP contribution in [0.1, 0.15) is 58.5 Å². The van der Waals surface area contributed by atoms with Crippen LogP contribution in [0, 0.1) is 13.8 Å². The van der Waals surface area contributed by atoms with Crippen LogP contribution in [0.4, 0.5) is 11.4 Å². The van der Waals surface area contributed by atoms with E-state index in [0.29, 0.717) is 11.1 Å². The average Bonchev–Trinajstić information content (AvgIpc) is 2.35. The maximum atomic E-state index is 12.2. The van der Waals surface area contributed by atoms with E-state index in [1.807, 2.05) is 0 Å². The predicted molar refractivity (Wildman–Crippen MR) is 84.0 cm³/mol. The van der Waals surface area contributed by atoms with Crippen LogP contribution in [0.25, 0.3) is 0 Å². The number of rotatable bonds is 6. The summed E-state index contributed by atoms with van der Waals surface area (Å²) in [5.74, 6) is -1.42. The Morgan fingerprint density at radius 1 is 0.727 bits per heavy atom. The molecule has 0 saturated heterocycles. The molecule has 6 heteroatoms. The summed E-state index contributed by atoms with van der Waals surface area (Å²) in [7, 11) is 0. The predicted octanol–water partition coefficient (Wildman–Crippen LogP) is 1.79. The second-order valence-electron chi connectivity index (χ2n) is 5.43. The molecule has 118 valence electrons. The van der Waals surface area contributed by atoms with Gasteiger partial charge in [0.25, 0.3) is 0 Å². The summed E-state index contributed by atoms with van der Waals surface area (Å²) >= 11 is 0. The van der Waals surface area contributed by atoms with Crippen LogP contribution in [0.5, 0.6) is 0 Å². The van der Waals surface area contributed by atoms with E-state index in [1.54, 1.807) is 13.8 Å². The van der Waals surface area contributed by atoms with Crippen molar-refractivity contribution in [1.82, 2.24) is 0 Å². The van der Waals surface area contributed by atoms with E-state index in [0.717, 1.165) is 0 Å². The van der Waals surface area contributed by atoms with Crippen molar-refractivity contribution in [3.05, 3.63) is 22.3 Å². The molecule has 0 fully saturated rings. The molecular weight excluding hydrogens is 284 g/mol. The van der Waals surface area contributed by atoms with E-state index in [2.05, 4.69) is 0 Å². The highest BCUT2D eigenvalue weighted by Crippen LogP contribution is 2.33. The number of anilines is 2. The smallest absolute Gasteiger partial charge is 0.172 e. The Bertz CT molecular complexity index is 602. The van der Waals surface area contributed by atoms with Gasteiger partial charge in [0.15, 0.2) is 11.6 Å². The quantitative estimate of drug-likeness (QED) is 0.469. The molecule has 0 radical (unpaired) electrons. The van der Waals surface area contributed by atoms with E-state index >= 15 is 0 Å². The topological polar surface area (TPSA) is 120 Å². The third-order valence-corrected chi connectivity index (χ3v) is 3.47. The van der Waals surface area contributed by atoms with Crippen LogP contribution >= 0.6 is 0 Å². The molecule has 0 bridgehead atoms. The highest BCUT2D eigenvalue weighted by atomic mass is 16.2. The van der Waals surface area contributed by atoms with Crippen molar-refractivity contribution >= 4 is 34.5 Å². The Hall–Kier alpha value is -2.50. The summed E-state index contributed by atoms with van der Waals surface area (Å²) in [5.41, 5.74) is 13.3. The maximum absolute atomic E-state index is 12.2. The lowest BCUT2D eigenvalue weighted by Gasteiger charge is -2.18. The average molecular weight is 304 g/mol. The van der Waals surface area contributed by atoms with Crippen molar-refractivity contribution in [2.24, 2.45) is 0 Å². The van der Waals surface area contributed by atoms with E-state index in [4.69, 9.17) is 11.5 Å². The number of hydrogen-bond donors (Lipinski definition) is 2. The van der Waals surface area contributed by atoms with Crippen molar-refractivity contribution in [1.29, 1.82) is 0 Å². The van der Waals surface area contributed by atoms with Gasteiger partial charge in [0.2, 0.25) is 0 Å². The van der Waals surface area contributed by atoms with E-state index < -0.39 is 11.6 Å². The van der Waals surface area contributed by atoms with E-state index in [-0.39, 0.29) is 46.9 Å². The second kappa shape index (κ2) is 6.51. The zero-order valence-corrected chi connectivity index (χ0v) is 13.2. The number of Topliss-reactive ketones (excluding diaryl/α,β-unsaturated/α-hetero) is 4. The molecule has 0 aliphatic heterocycles. The van der Waals surface area contributed by atoms with Gasteiger partial charge >= 0.3 is 0 Å². The zero-order valence-electron chi connectivity index (χ0n) is 13.2. The van der Waals surface area contributed by atoms with Gasteiger partial charge in [-0.1, -0.05) is 0 Å². The molecule has 1 aromatic carbocycles. The number of benzene rings is 1. The Morgan fingerprint density at radius 2 is 1.00 bits per heavy atom. The number of carbonyl (C=O) groups is 4. The van der Waals surface area contributed by atoms with Gasteiger partial charge in [-0.2, -0.15) is 0 Å². The Morgan fingerprint density at radius 3 is 1.23 bits per heavy atom. The third kappa shape index (κ3) is 3.39. The minimum atomic E-state index is -0.428. The summed E-state index contributed by atoms with van der Waals surface area (Å²) in [6, 6.07) is 0. The van der Waals surface area contributed by atoms with Gasteiger partial charge in [-0.25, -0.2) is 0 Å². The lowest BCUT2D eigenvalue weighted by molar-refractivity contribution is -0.117. The molecule has 0 aliphatic carbocycles. The van der Waals surface area contributed by atoms with Crippen LogP contribution in [-0.2, 0) is 9.59 Å². The van der Waals surface area contributed by atoms with Crippen LogP contribution in [0.2, 0.25) is 0 Å². The Balaban J connectivity index is 3.51. The summed E-state index contributed by atoms with van der Waals surface area (Å²) in [6.45, 7) is 5.76. The van der Waals surface area contributed by atoms with Crippen LogP contribution in [0.3, 0.4) is 0 Å². The first-order chi connectivity index (χ1) is 10.1. The van der Waals surface area contributed by atoms with Crippen molar-refractivity contribution in [2.45, 2.75) is 40.5 Å². The lowest BCUT2D eigenvalue weighted by Crippen LogP contribution is -2.18. The molecule has 22 heavy (non-hydrogen) atoms. The number of nitrogen functional groups attached to an aromatic ring is 2. The van der Waals surface area contributed by atoms with Gasteiger partial charge in [0.1, 0.15) is 11.6 Å². The second-order valence-corrected chi connectivity index (χ2v) is 5.43. The zero-order chi connectivity index (χ0) is 17.2. The molecule has 0 spiro atoms. The minimum absolute atomic E-state index is 0.129. The number of nitrogens with two attached hydrogens (primary N) is 2. The normalized spacial score (nSPS) is 10.4. The summed E-state index contributed by atoms with van der Waals surface area (Å²) < 4.78 is 0. The van der Waals surface area contributed by atoms with Crippen LogP contribution in [0.15, 0.2) is 0 Å². The first-order valence-electron chi connectivity index (χ1n) is 6.81. The Labute approximate surface area is 128 Å². The van der Waals surface area contributed by atoms with Crippen molar-refractivity contribution in [3.63, 3.8) is 0 Å². The SMILES string of the molecule is CC(=O)CC(=O)c1c(C)c(N)c(C(=O)CC(C)=O)c(C)c1N. The van der Waals surface area contributed by atoms with Gasteiger partial charge in [0, 0.05) is 22.5 Å². The molecule has 0 aromatic heterocycles. The Kier molecular flexibility index (Phi) is 5.19. The number of hydrogen-bond acceptors (Lipinski definition) is 6. The minimum Gasteiger partial charge on any atom is -0.398 e. The van der Waals surface area contributed by atoms with Gasteiger partial charge in [-0.3, -0.25) is 19.2 Å². The van der Waals surface area contributed by atoms with Crippen molar-refractivity contribution in [2.75, 3.05) is 11.5 Å². The molecular formula is C16H20N2O4. The first kappa shape index (κ1) is 17.6. The molecule has 1 aromatic rings. The van der Waals surface area contributed by atoms with Crippen molar-refractivity contribution < 1.29 is 19.2 Å². The third-order valence-electron chi connectivity index (χ3n) is 3.47. The molecule has 4 N–H and O–H groups in total. The fourth-order valence-corrected chi connectivity index (χ4v) is 2.40. The number of ketones is 4. The van der Waals surface area contributed by atoms with Crippen LogP contribution < -0.4 is 11.5 Å². The van der Waals surface area contributed by atoms with Gasteiger partial charge in [0.05, 0.1) is 12.8 Å². The lowest BCUT2D eigenvalue weighted by atomic mass is 9.88. The molecule has 0 unspecified atom stereocenters. The van der Waals surface area contributed by atoms with Gasteiger partial charge in [-0.05, 0) is 38.8 Å². The van der Waals surface area contributed by atoms with Crippen LogP contribution in [-0.4, -0.2) is 23.1 Å². The highest BCUT2D eigenvalue weighted by molar-refractivity contribution is 6.16. The van der Waals surface area contributed by atoms with E-state index in [9.17, 15) is 19.2 Å². The summed E-state index contributed by atoms with van der Waals surface area (Å²) in [5, 5.41) is 0. The first-order valence-corrected chi connectivity index (χ1v) is 6.81. The molecule has 1 rings (SSSR count). The fraction of sp³-hybridized carbons (Fsp3) is 0.375. The monoisotopic (exact) mass is 304 g/mol. The van der Waals surface area contributed by atoms with Gasteiger partial charge < -0.3 is 11.5 Å². The molecule has 0 atom stereocenters. The summed E-state index contributed by atoms with van der Waals surface area (Å²) in [4.78, 5) is 46.6. The molecule has 6 nitrogen and oxygen atoms in total. The largest absolute Gasteiger partial charge is 0.398 e. The fourth-order valence-electron chi connectivity index (χ4n) is 2.40. The standard InChI is InChI=1S/C16H20N2O4/c1-7(19)5-11(21)13-9(3)16(18)14(10(4)15(13)17)12(22)6-8(2)20/h5-6,17-18H2,1-4H3. The highest BCUT2D eigenvalue weighted by Gasteiger charge is 2.25. The molecule has 0 heterocycles. The molecule has 0 aliphatic rings. The van der Waals surface area contributed by atoms with Crippen molar-refractivity contribution in [3.8, 4) is 0 Å². The summed E-state index contributed by atoms with van der Waals surface area (Å²) in [6.07, 6.45) is -0.546. The van der Waals surface area contributed by atoms with Gasteiger partial charge in [-0.15, -0.1) is 0 Å². The van der Waals surface area contributed by atoms with E-state index in [1.165, 1.54) is 13.8 Å². The number of carbonyl (C=O) groups excluding carboxylic acids is 4. The molecule has 0 saturated carbocycles. The molecule has 0 amide bonds. The maximum Gasteiger partial charge on any atom is 0.172 e.